The molecule has 31 heavy (non-hydrogen) atoms. The first-order valence-corrected chi connectivity index (χ1v) is 9.64. The number of nitrogens with one attached hydrogen (secondary N) is 2. The molecular formula is C20H17F3N8. The van der Waals surface area contributed by atoms with E-state index in [0.717, 1.165) is 25.0 Å². The maximum absolute atomic E-state index is 12.8. The highest BCUT2D eigenvalue weighted by atomic mass is 19.4. The summed E-state index contributed by atoms with van der Waals surface area (Å²) in [4.78, 5) is 21.7. The lowest BCUT2D eigenvalue weighted by Gasteiger charge is -2.11. The van der Waals surface area contributed by atoms with Gasteiger partial charge < -0.3 is 15.2 Å². The summed E-state index contributed by atoms with van der Waals surface area (Å²) in [7, 11) is 0. The Kier molecular flexibility index (Phi) is 4.64. The first-order chi connectivity index (χ1) is 15.0. The minimum atomic E-state index is -4.36. The van der Waals surface area contributed by atoms with Crippen LogP contribution in [0.2, 0.25) is 0 Å². The van der Waals surface area contributed by atoms with E-state index >= 15 is 0 Å². The Morgan fingerprint density at radius 1 is 1.03 bits per heavy atom. The van der Waals surface area contributed by atoms with Crippen LogP contribution in [-0.4, -0.2) is 35.5 Å². The monoisotopic (exact) mass is 426 g/mol. The lowest BCUT2D eigenvalue weighted by atomic mass is 10.1. The number of hydrogen-bond donors (Lipinski definition) is 2. The predicted molar refractivity (Wildman–Crippen MR) is 108 cm³/mol. The van der Waals surface area contributed by atoms with E-state index in [2.05, 4.69) is 35.6 Å². The second-order valence-electron chi connectivity index (χ2n) is 7.27. The van der Waals surface area contributed by atoms with Crippen LogP contribution < -0.4 is 10.6 Å². The fraction of sp³-hybridized carbons (Fsp3) is 0.250. The molecule has 0 saturated heterocycles. The Hall–Kier alpha value is -3.76. The first-order valence-electron chi connectivity index (χ1n) is 9.64. The molecule has 0 radical (unpaired) electrons. The zero-order chi connectivity index (χ0) is 21.4. The topological polar surface area (TPSA) is 93.4 Å². The van der Waals surface area contributed by atoms with Crippen LogP contribution in [0, 0.1) is 0 Å². The summed E-state index contributed by atoms with van der Waals surface area (Å²) in [5.74, 6) is 1.42. The molecule has 5 rings (SSSR count). The molecule has 0 amide bonds. The summed E-state index contributed by atoms with van der Waals surface area (Å²) in [5.41, 5.74) is 1.18. The van der Waals surface area contributed by atoms with Crippen molar-refractivity contribution in [3.05, 3.63) is 60.3 Å². The number of nitrogens with zero attached hydrogens (tertiary/aromatic N) is 6. The fourth-order valence-electron chi connectivity index (χ4n) is 3.11. The molecule has 3 aromatic heterocycles. The Bertz CT molecular complexity index is 1200. The molecule has 1 aliphatic carbocycles. The van der Waals surface area contributed by atoms with E-state index < -0.39 is 11.7 Å². The summed E-state index contributed by atoms with van der Waals surface area (Å²) < 4.78 is 40.3. The fourth-order valence-corrected chi connectivity index (χ4v) is 3.11. The van der Waals surface area contributed by atoms with Crippen molar-refractivity contribution in [1.82, 2.24) is 29.5 Å². The molecule has 0 bridgehead atoms. The van der Waals surface area contributed by atoms with Gasteiger partial charge in [-0.15, -0.1) is 0 Å². The number of anilines is 3. The van der Waals surface area contributed by atoms with Gasteiger partial charge in [0, 0.05) is 18.4 Å². The van der Waals surface area contributed by atoms with Crippen LogP contribution in [0.15, 0.2) is 49.2 Å². The Labute approximate surface area is 174 Å². The third-order valence-corrected chi connectivity index (χ3v) is 4.82. The number of hydrogen-bond acceptors (Lipinski definition) is 7. The van der Waals surface area contributed by atoms with Gasteiger partial charge in [0.15, 0.2) is 22.8 Å². The highest BCUT2D eigenvalue weighted by molar-refractivity contribution is 5.85. The van der Waals surface area contributed by atoms with E-state index in [1.807, 2.05) is 0 Å². The average Bonchev–Trinajstić information content (AvgIpc) is 3.48. The van der Waals surface area contributed by atoms with E-state index in [4.69, 9.17) is 0 Å². The molecule has 3 heterocycles. The van der Waals surface area contributed by atoms with E-state index in [9.17, 15) is 13.2 Å². The first kappa shape index (κ1) is 19.2. The van der Waals surface area contributed by atoms with Crippen molar-refractivity contribution in [3.8, 4) is 0 Å². The lowest BCUT2D eigenvalue weighted by molar-refractivity contribution is -0.137. The molecule has 4 aromatic rings. The standard InChI is InChI=1S/C20H17F3N8/c21-20(22,23)13-3-1-12(2-4-13)10-31-11-26-16-17(27-14-5-6-14)29-19(30-18(16)31)28-15-9-24-7-8-25-15/h1-4,7-9,11,14H,5-6,10H2,(H2,25,27,28,29,30). The van der Waals surface area contributed by atoms with Crippen molar-refractivity contribution in [1.29, 1.82) is 0 Å². The van der Waals surface area contributed by atoms with Gasteiger partial charge in [-0.1, -0.05) is 12.1 Å². The molecule has 2 N–H and O–H groups in total. The van der Waals surface area contributed by atoms with Gasteiger partial charge in [0.2, 0.25) is 5.95 Å². The van der Waals surface area contributed by atoms with Gasteiger partial charge in [-0.05, 0) is 30.5 Å². The third-order valence-electron chi connectivity index (χ3n) is 4.82. The van der Waals surface area contributed by atoms with Crippen molar-refractivity contribution in [2.24, 2.45) is 0 Å². The molecular weight excluding hydrogens is 409 g/mol. The summed E-state index contributed by atoms with van der Waals surface area (Å²) >= 11 is 0. The summed E-state index contributed by atoms with van der Waals surface area (Å²) in [5, 5.41) is 6.39. The second-order valence-corrected chi connectivity index (χ2v) is 7.27. The summed E-state index contributed by atoms with van der Waals surface area (Å²) in [6.07, 6.45) is 4.04. The molecule has 1 fully saturated rings. The molecule has 8 nitrogen and oxygen atoms in total. The van der Waals surface area contributed by atoms with Crippen LogP contribution in [0.1, 0.15) is 24.0 Å². The summed E-state index contributed by atoms with van der Waals surface area (Å²) in [6.45, 7) is 0.319. The molecule has 1 aromatic carbocycles. The minimum Gasteiger partial charge on any atom is -0.365 e. The van der Waals surface area contributed by atoms with Crippen molar-refractivity contribution in [2.45, 2.75) is 31.6 Å². The number of rotatable bonds is 6. The average molecular weight is 426 g/mol. The molecule has 1 saturated carbocycles. The quantitative estimate of drug-likeness (QED) is 0.481. The molecule has 0 unspecified atom stereocenters. The van der Waals surface area contributed by atoms with E-state index in [-0.39, 0.29) is 0 Å². The van der Waals surface area contributed by atoms with Gasteiger partial charge in [-0.25, -0.2) is 9.97 Å². The molecule has 158 valence electrons. The largest absolute Gasteiger partial charge is 0.416 e. The third kappa shape index (κ3) is 4.25. The highest BCUT2D eigenvalue weighted by Crippen LogP contribution is 2.30. The Balaban J connectivity index is 1.48. The molecule has 0 spiro atoms. The van der Waals surface area contributed by atoms with Gasteiger partial charge in [0.1, 0.15) is 0 Å². The number of alkyl halides is 3. The van der Waals surface area contributed by atoms with Crippen molar-refractivity contribution < 1.29 is 13.2 Å². The number of aromatic nitrogens is 6. The van der Waals surface area contributed by atoms with Crippen molar-refractivity contribution >= 4 is 28.7 Å². The number of fused-ring (bicyclic) bond motifs is 1. The lowest BCUT2D eigenvalue weighted by Crippen LogP contribution is -2.09. The Morgan fingerprint density at radius 2 is 1.84 bits per heavy atom. The van der Waals surface area contributed by atoms with E-state index in [0.29, 0.717) is 46.9 Å². The highest BCUT2D eigenvalue weighted by Gasteiger charge is 2.30. The SMILES string of the molecule is FC(F)(F)c1ccc(Cn2cnc3c(NC4CC4)nc(Nc4cnccn4)nc32)cc1. The van der Waals surface area contributed by atoms with Gasteiger partial charge >= 0.3 is 6.18 Å². The zero-order valence-corrected chi connectivity index (χ0v) is 16.1. The van der Waals surface area contributed by atoms with Gasteiger partial charge in [-0.2, -0.15) is 23.1 Å². The van der Waals surface area contributed by atoms with Crippen LogP contribution in [0.25, 0.3) is 11.2 Å². The smallest absolute Gasteiger partial charge is 0.365 e. The van der Waals surface area contributed by atoms with Crippen LogP contribution in [0.3, 0.4) is 0 Å². The molecule has 0 atom stereocenters. The molecule has 11 heteroatoms. The maximum Gasteiger partial charge on any atom is 0.416 e. The van der Waals surface area contributed by atoms with Gasteiger partial charge in [0.25, 0.3) is 0 Å². The van der Waals surface area contributed by atoms with Crippen molar-refractivity contribution in [3.63, 3.8) is 0 Å². The minimum absolute atomic E-state index is 0.319. The normalized spacial score (nSPS) is 14.0. The molecule has 0 aliphatic heterocycles. The van der Waals surface area contributed by atoms with Crippen LogP contribution in [0.4, 0.5) is 30.8 Å². The second kappa shape index (κ2) is 7.49. The Morgan fingerprint density at radius 3 is 2.52 bits per heavy atom. The number of benzene rings is 1. The number of imidazole rings is 1. The maximum atomic E-state index is 12.8. The van der Waals surface area contributed by atoms with Crippen LogP contribution in [0.5, 0.6) is 0 Å². The van der Waals surface area contributed by atoms with Crippen LogP contribution >= 0.6 is 0 Å². The van der Waals surface area contributed by atoms with Crippen LogP contribution in [-0.2, 0) is 12.7 Å². The summed E-state index contributed by atoms with van der Waals surface area (Å²) in [6, 6.07) is 5.41. The number of halogens is 3. The van der Waals surface area contributed by atoms with Gasteiger partial charge in [-0.3, -0.25) is 4.98 Å². The van der Waals surface area contributed by atoms with E-state index in [1.165, 1.54) is 12.1 Å². The van der Waals surface area contributed by atoms with Crippen molar-refractivity contribution in [2.75, 3.05) is 10.6 Å². The predicted octanol–water partition coefficient (Wildman–Crippen LogP) is 4.00. The molecule has 1 aliphatic rings. The van der Waals surface area contributed by atoms with E-state index in [1.54, 1.807) is 29.5 Å². The van der Waals surface area contributed by atoms with Gasteiger partial charge in [0.05, 0.1) is 24.6 Å². The zero-order valence-electron chi connectivity index (χ0n) is 16.1.